The van der Waals surface area contributed by atoms with Crippen LogP contribution in [0, 0.1) is 17.1 Å². The third kappa shape index (κ3) is 6.16. The molecule has 5 nitrogen and oxygen atoms in total. The Hall–Kier alpha value is -5.75. The van der Waals surface area contributed by atoms with E-state index in [-0.39, 0.29) is 5.82 Å². The van der Waals surface area contributed by atoms with Crippen molar-refractivity contribution < 1.29 is 4.39 Å². The van der Waals surface area contributed by atoms with E-state index in [2.05, 4.69) is 119 Å². The number of imidazole rings is 1. The average Bonchev–Trinajstić information content (AvgIpc) is 3.94. The number of benzene rings is 4. The molecule has 0 amide bonds. The highest BCUT2D eigenvalue weighted by atomic mass is 32.2. The fourth-order valence-corrected chi connectivity index (χ4v) is 8.85. The van der Waals surface area contributed by atoms with E-state index in [1.54, 1.807) is 35.2 Å². The van der Waals surface area contributed by atoms with Gasteiger partial charge in [-0.1, -0.05) is 91.0 Å². The molecule has 4 heterocycles. The summed E-state index contributed by atoms with van der Waals surface area (Å²) in [5.74, 6) is 0.618. The van der Waals surface area contributed by atoms with Gasteiger partial charge in [0.1, 0.15) is 22.7 Å². The second kappa shape index (κ2) is 14.2. The maximum absolute atomic E-state index is 14.3. The number of nitrogens with zero attached hydrogens (tertiary/aromatic N) is 5. The Morgan fingerprint density at radius 2 is 1.35 bits per heavy atom. The summed E-state index contributed by atoms with van der Waals surface area (Å²) in [4.78, 5) is 5.86. The van der Waals surface area contributed by atoms with Gasteiger partial charge in [0.2, 0.25) is 0 Å². The summed E-state index contributed by atoms with van der Waals surface area (Å²) in [7, 11) is 0. The number of halogens is 1. The van der Waals surface area contributed by atoms with Crippen molar-refractivity contribution in [1.82, 2.24) is 19.2 Å². The number of fused-ring (bicyclic) bond motifs is 1. The Morgan fingerprint density at radius 1 is 0.725 bits per heavy atom. The summed E-state index contributed by atoms with van der Waals surface area (Å²) in [5.41, 5.74) is 7.64. The molecule has 0 radical (unpaired) electrons. The zero-order valence-corrected chi connectivity index (χ0v) is 29.2. The van der Waals surface area contributed by atoms with Crippen LogP contribution in [0.25, 0.3) is 38.6 Å². The number of thiophene rings is 1. The first-order chi connectivity index (χ1) is 25.1. The van der Waals surface area contributed by atoms with Crippen molar-refractivity contribution >= 4 is 28.7 Å². The van der Waals surface area contributed by atoms with E-state index in [9.17, 15) is 4.39 Å². The summed E-state index contributed by atoms with van der Waals surface area (Å²) in [6.07, 6.45) is 7.62. The molecule has 0 N–H and O–H groups in total. The van der Waals surface area contributed by atoms with Crippen LogP contribution in [0.2, 0.25) is 0 Å². The van der Waals surface area contributed by atoms with Crippen LogP contribution >= 0.6 is 23.1 Å². The fraction of sp³-hybridized carbons (Fsp3) is 0.0930. The predicted molar refractivity (Wildman–Crippen MR) is 205 cm³/mol. The molecule has 0 unspecified atom stereocenters. The number of unbranched alkanes of at least 4 members (excludes halogenated alkanes) is 1. The molecule has 4 aromatic heterocycles. The molecule has 0 aliphatic heterocycles. The van der Waals surface area contributed by atoms with E-state index < -0.39 is 5.54 Å². The molecule has 0 fully saturated rings. The van der Waals surface area contributed by atoms with Crippen LogP contribution in [-0.2, 0) is 5.54 Å². The Morgan fingerprint density at radius 3 is 1.98 bits per heavy atom. The molecule has 0 saturated heterocycles. The Labute approximate surface area is 304 Å². The fourth-order valence-electron chi connectivity index (χ4n) is 6.69. The summed E-state index contributed by atoms with van der Waals surface area (Å²) < 4.78 is 19.7. The van der Waals surface area contributed by atoms with Crippen LogP contribution in [-0.4, -0.2) is 24.9 Å². The summed E-state index contributed by atoms with van der Waals surface area (Å²) in [6.45, 7) is 0. The zero-order chi connectivity index (χ0) is 34.6. The predicted octanol–water partition coefficient (Wildman–Crippen LogP) is 11.0. The largest absolute Gasteiger partial charge is 0.298 e. The lowest BCUT2D eigenvalue weighted by Gasteiger charge is -2.36. The zero-order valence-electron chi connectivity index (χ0n) is 27.6. The van der Waals surface area contributed by atoms with Crippen molar-refractivity contribution in [1.29, 1.82) is 5.26 Å². The Kier molecular flexibility index (Phi) is 9.06. The summed E-state index contributed by atoms with van der Waals surface area (Å²) >= 11 is 3.52. The minimum absolute atomic E-state index is 0.296. The van der Waals surface area contributed by atoms with Crippen LogP contribution in [0.1, 0.15) is 29.5 Å². The van der Waals surface area contributed by atoms with Crippen LogP contribution < -0.4 is 0 Å². The molecule has 0 bridgehead atoms. The van der Waals surface area contributed by atoms with Gasteiger partial charge in [0.25, 0.3) is 0 Å². The molecule has 51 heavy (non-hydrogen) atoms. The average molecular weight is 702 g/mol. The standard InChI is InChI=1S/C43H32FN5S2/c44-36-21-18-31(19-22-36)42-37(32-20-24-40-46-28-38(48(40)29-32)39-23-25-41(51-39)50-27-11-10-26-45)30-49(47-42)43(33-12-4-1-5-13-33,34-14-6-2-7-15-34)35-16-8-3-9-17-35/h1-9,12-25,28-30H,10-11,27H2. The monoisotopic (exact) mass is 701 g/mol. The van der Waals surface area contributed by atoms with E-state index in [0.29, 0.717) is 6.42 Å². The lowest BCUT2D eigenvalue weighted by Crippen LogP contribution is -2.38. The number of pyridine rings is 1. The first-order valence-electron chi connectivity index (χ1n) is 16.8. The van der Waals surface area contributed by atoms with Crippen molar-refractivity contribution in [3.05, 3.63) is 181 Å². The quantitative estimate of drug-likeness (QED) is 0.0765. The molecule has 0 saturated carbocycles. The van der Waals surface area contributed by atoms with Gasteiger partial charge in [0.15, 0.2) is 0 Å². The highest BCUT2D eigenvalue weighted by Crippen LogP contribution is 2.43. The van der Waals surface area contributed by atoms with Crippen molar-refractivity contribution in [3.63, 3.8) is 0 Å². The number of hydrogen-bond acceptors (Lipinski definition) is 5. The van der Waals surface area contributed by atoms with E-state index >= 15 is 0 Å². The molecule has 8 rings (SSSR count). The molecular formula is C43H32FN5S2. The van der Waals surface area contributed by atoms with Gasteiger partial charge in [-0.15, -0.1) is 23.1 Å². The van der Waals surface area contributed by atoms with Gasteiger partial charge in [-0.3, -0.25) is 9.08 Å². The van der Waals surface area contributed by atoms with E-state index in [4.69, 9.17) is 15.3 Å². The van der Waals surface area contributed by atoms with Crippen molar-refractivity contribution in [3.8, 4) is 39.0 Å². The van der Waals surface area contributed by atoms with Crippen LogP contribution in [0.4, 0.5) is 4.39 Å². The molecule has 248 valence electrons. The topological polar surface area (TPSA) is 58.9 Å². The third-order valence-electron chi connectivity index (χ3n) is 9.08. The van der Waals surface area contributed by atoms with Crippen molar-refractivity contribution in [2.75, 3.05) is 5.75 Å². The van der Waals surface area contributed by atoms with E-state index in [1.807, 2.05) is 30.5 Å². The highest BCUT2D eigenvalue weighted by molar-refractivity contribution is 8.01. The smallest absolute Gasteiger partial charge is 0.138 e. The normalized spacial score (nSPS) is 11.5. The van der Waals surface area contributed by atoms with Gasteiger partial charge >= 0.3 is 0 Å². The third-order valence-corrected chi connectivity index (χ3v) is 11.5. The molecule has 0 spiro atoms. The number of nitriles is 1. The molecule has 8 aromatic rings. The highest BCUT2D eigenvalue weighted by Gasteiger charge is 2.40. The maximum Gasteiger partial charge on any atom is 0.138 e. The SMILES string of the molecule is N#CCCCSc1ccc(-c2cnc3ccc(-c4cn(C(c5ccccc5)(c5ccccc5)c5ccccc5)nc4-c4ccc(F)cc4)cn23)s1. The molecule has 4 aromatic carbocycles. The van der Waals surface area contributed by atoms with Gasteiger partial charge in [-0.05, 0) is 77.4 Å². The van der Waals surface area contributed by atoms with E-state index in [0.717, 1.165) is 67.5 Å². The molecule has 0 atom stereocenters. The minimum Gasteiger partial charge on any atom is -0.298 e. The molecule has 0 aliphatic carbocycles. The van der Waals surface area contributed by atoms with Gasteiger partial charge in [0, 0.05) is 35.5 Å². The molecule has 0 aliphatic rings. The van der Waals surface area contributed by atoms with Gasteiger partial charge in [-0.25, -0.2) is 9.37 Å². The first-order valence-corrected chi connectivity index (χ1v) is 18.6. The number of hydrogen-bond donors (Lipinski definition) is 0. The lowest BCUT2D eigenvalue weighted by atomic mass is 9.77. The molecular weight excluding hydrogens is 670 g/mol. The second-order valence-corrected chi connectivity index (χ2v) is 14.6. The summed E-state index contributed by atoms with van der Waals surface area (Å²) in [5, 5.41) is 14.3. The van der Waals surface area contributed by atoms with Crippen LogP contribution in [0.5, 0.6) is 0 Å². The number of thioether (sulfide) groups is 1. The number of aromatic nitrogens is 4. The van der Waals surface area contributed by atoms with E-state index in [1.165, 1.54) is 16.3 Å². The molecule has 8 heteroatoms. The maximum atomic E-state index is 14.3. The van der Waals surface area contributed by atoms with Crippen LogP contribution in [0.15, 0.2) is 162 Å². The Balaban J connectivity index is 1.33. The Bertz CT molecular complexity index is 2350. The second-order valence-electron chi connectivity index (χ2n) is 12.2. The minimum atomic E-state index is -0.820. The summed E-state index contributed by atoms with van der Waals surface area (Å²) in [6, 6.07) is 48.6. The lowest BCUT2D eigenvalue weighted by molar-refractivity contribution is 0.461. The van der Waals surface area contributed by atoms with Crippen LogP contribution in [0.3, 0.4) is 0 Å². The van der Waals surface area contributed by atoms with Crippen molar-refractivity contribution in [2.24, 2.45) is 0 Å². The number of rotatable bonds is 11. The first kappa shape index (κ1) is 32.5. The van der Waals surface area contributed by atoms with Gasteiger partial charge < -0.3 is 0 Å². The van der Waals surface area contributed by atoms with Gasteiger partial charge in [-0.2, -0.15) is 10.4 Å². The van der Waals surface area contributed by atoms with Gasteiger partial charge in [0.05, 0.1) is 27.0 Å². The van der Waals surface area contributed by atoms with Crippen molar-refractivity contribution in [2.45, 2.75) is 22.6 Å².